The van der Waals surface area contributed by atoms with Crippen LogP contribution in [0.25, 0.3) is 0 Å². The van der Waals surface area contributed by atoms with Crippen LogP contribution in [0.3, 0.4) is 0 Å². The molecule has 0 saturated carbocycles. The molecule has 21 heavy (non-hydrogen) atoms. The topological polar surface area (TPSA) is 119 Å². The van der Waals surface area contributed by atoms with Crippen LogP contribution in [0.15, 0.2) is 6.07 Å². The number of hydrogen-bond donors (Lipinski definition) is 3. The van der Waals surface area contributed by atoms with Crippen molar-refractivity contribution in [3.8, 4) is 0 Å². The van der Waals surface area contributed by atoms with E-state index in [9.17, 15) is 8.42 Å². The summed E-state index contributed by atoms with van der Waals surface area (Å²) < 4.78 is 28.1. The minimum Gasteiger partial charge on any atom is -0.374 e. The molecule has 0 aliphatic carbocycles. The average molecular weight is 315 g/mol. The fraction of sp³-hybridized carbons (Fsp3) is 0.667. The highest BCUT2D eigenvalue weighted by atomic mass is 32.2. The SMILES string of the molecule is CCOCc1nc(NN)cc(NC2CCS(=O)(=O)CC2)n1. The van der Waals surface area contributed by atoms with Crippen molar-refractivity contribution in [1.29, 1.82) is 0 Å². The number of hydrogen-bond acceptors (Lipinski definition) is 8. The Morgan fingerprint density at radius 3 is 2.62 bits per heavy atom. The molecule has 2 rings (SSSR count). The van der Waals surface area contributed by atoms with Gasteiger partial charge in [0.1, 0.15) is 28.1 Å². The molecule has 2 heterocycles. The molecule has 1 aromatic rings. The van der Waals surface area contributed by atoms with Crippen LogP contribution in [0.5, 0.6) is 0 Å². The number of rotatable bonds is 6. The fourth-order valence-electron chi connectivity index (χ4n) is 2.15. The minimum atomic E-state index is -2.87. The number of nitrogen functional groups attached to an aromatic ring is 1. The lowest BCUT2D eigenvalue weighted by Crippen LogP contribution is -2.32. The Morgan fingerprint density at radius 2 is 2.00 bits per heavy atom. The lowest BCUT2D eigenvalue weighted by Gasteiger charge is -2.23. The van der Waals surface area contributed by atoms with E-state index in [4.69, 9.17) is 10.6 Å². The number of aromatic nitrogens is 2. The number of sulfone groups is 1. The van der Waals surface area contributed by atoms with Crippen molar-refractivity contribution in [2.24, 2.45) is 5.84 Å². The van der Waals surface area contributed by atoms with Gasteiger partial charge in [-0.05, 0) is 19.8 Å². The van der Waals surface area contributed by atoms with Gasteiger partial charge in [-0.1, -0.05) is 0 Å². The molecule has 0 aromatic carbocycles. The standard InChI is InChI=1S/C12H21N5O3S/c1-2-20-8-12-15-10(7-11(16-12)17-13)14-9-3-5-21(18,19)6-4-9/h7,9H,2-6,8,13H2,1H3,(H2,14,15,16,17). The van der Waals surface area contributed by atoms with Gasteiger partial charge in [0.25, 0.3) is 0 Å². The van der Waals surface area contributed by atoms with Crippen molar-refractivity contribution < 1.29 is 13.2 Å². The van der Waals surface area contributed by atoms with E-state index in [0.717, 1.165) is 0 Å². The first-order valence-electron chi connectivity index (χ1n) is 6.91. The predicted octanol–water partition coefficient (Wildman–Crippen LogP) is 0.288. The minimum absolute atomic E-state index is 0.0917. The van der Waals surface area contributed by atoms with Crippen LogP contribution < -0.4 is 16.6 Å². The first-order valence-corrected chi connectivity index (χ1v) is 8.74. The molecule has 9 heteroatoms. The Bertz CT molecular complexity index is 564. The van der Waals surface area contributed by atoms with Crippen molar-refractivity contribution in [1.82, 2.24) is 9.97 Å². The monoisotopic (exact) mass is 315 g/mol. The summed E-state index contributed by atoms with van der Waals surface area (Å²) in [4.78, 5) is 8.55. The number of nitrogens with zero attached hydrogens (tertiary/aromatic N) is 2. The second-order valence-corrected chi connectivity index (χ2v) is 7.21. The molecule has 0 spiro atoms. The summed E-state index contributed by atoms with van der Waals surface area (Å²) in [7, 11) is -2.87. The van der Waals surface area contributed by atoms with Crippen LogP contribution in [0.4, 0.5) is 11.6 Å². The van der Waals surface area contributed by atoms with Gasteiger partial charge in [-0.2, -0.15) is 0 Å². The molecule has 0 unspecified atom stereocenters. The number of anilines is 2. The van der Waals surface area contributed by atoms with Gasteiger partial charge in [-0.25, -0.2) is 24.2 Å². The maximum Gasteiger partial charge on any atom is 0.158 e. The van der Waals surface area contributed by atoms with Crippen LogP contribution in [0, 0.1) is 0 Å². The highest BCUT2D eigenvalue weighted by Crippen LogP contribution is 2.18. The Kier molecular flexibility index (Phi) is 5.32. The molecule has 0 radical (unpaired) electrons. The van der Waals surface area contributed by atoms with Crippen molar-refractivity contribution in [3.63, 3.8) is 0 Å². The van der Waals surface area contributed by atoms with Gasteiger partial charge in [0.05, 0.1) is 11.5 Å². The molecule has 1 saturated heterocycles. The fourth-order valence-corrected chi connectivity index (χ4v) is 3.64. The van der Waals surface area contributed by atoms with Gasteiger partial charge in [-0.3, -0.25) is 0 Å². The van der Waals surface area contributed by atoms with Crippen LogP contribution in [0.1, 0.15) is 25.6 Å². The molecule has 8 nitrogen and oxygen atoms in total. The predicted molar refractivity (Wildman–Crippen MR) is 80.5 cm³/mol. The Morgan fingerprint density at radius 1 is 1.33 bits per heavy atom. The van der Waals surface area contributed by atoms with Gasteiger partial charge in [0.2, 0.25) is 0 Å². The second-order valence-electron chi connectivity index (χ2n) is 4.91. The summed E-state index contributed by atoms with van der Waals surface area (Å²) in [5, 5.41) is 3.24. The Balaban J connectivity index is 2.05. The molecule has 1 aromatic heterocycles. The normalized spacial score (nSPS) is 18.4. The highest BCUT2D eigenvalue weighted by Gasteiger charge is 2.23. The average Bonchev–Trinajstić information content (AvgIpc) is 2.47. The molecule has 4 N–H and O–H groups in total. The number of nitrogens with two attached hydrogens (primary N) is 1. The van der Waals surface area contributed by atoms with Crippen LogP contribution >= 0.6 is 0 Å². The van der Waals surface area contributed by atoms with Crippen LogP contribution in [0.2, 0.25) is 0 Å². The molecule has 1 aliphatic heterocycles. The third kappa shape index (κ3) is 4.80. The first-order chi connectivity index (χ1) is 10.0. The summed E-state index contributed by atoms with van der Waals surface area (Å²) >= 11 is 0. The number of hydrazine groups is 1. The van der Waals surface area contributed by atoms with Gasteiger partial charge in [-0.15, -0.1) is 0 Å². The summed E-state index contributed by atoms with van der Waals surface area (Å²) in [6.07, 6.45) is 1.16. The zero-order valence-corrected chi connectivity index (χ0v) is 12.8. The van der Waals surface area contributed by atoms with E-state index in [1.807, 2.05) is 6.92 Å². The Hall–Kier alpha value is -1.45. The first kappa shape index (κ1) is 15.9. The third-order valence-electron chi connectivity index (χ3n) is 3.26. The number of ether oxygens (including phenoxy) is 1. The zero-order chi connectivity index (χ0) is 15.3. The van der Waals surface area contributed by atoms with Crippen LogP contribution in [-0.4, -0.2) is 42.5 Å². The summed E-state index contributed by atoms with van der Waals surface area (Å²) in [5.41, 5.74) is 2.49. The molecule has 1 aliphatic rings. The lowest BCUT2D eigenvalue weighted by molar-refractivity contribution is 0.128. The van der Waals surface area contributed by atoms with E-state index in [0.29, 0.717) is 43.5 Å². The Labute approximate surface area is 124 Å². The highest BCUT2D eigenvalue weighted by molar-refractivity contribution is 7.91. The second kappa shape index (κ2) is 7.01. The van der Waals surface area contributed by atoms with Gasteiger partial charge in [0.15, 0.2) is 5.82 Å². The smallest absolute Gasteiger partial charge is 0.158 e. The maximum atomic E-state index is 11.4. The molecule has 0 amide bonds. The van der Waals surface area contributed by atoms with E-state index in [1.54, 1.807) is 6.07 Å². The quantitative estimate of drug-likeness (QED) is 0.506. The van der Waals surface area contributed by atoms with Crippen molar-refractivity contribution in [3.05, 3.63) is 11.9 Å². The van der Waals surface area contributed by atoms with Crippen molar-refractivity contribution in [2.75, 3.05) is 28.9 Å². The van der Waals surface area contributed by atoms with Gasteiger partial charge >= 0.3 is 0 Å². The molecule has 118 valence electrons. The van der Waals surface area contributed by atoms with Gasteiger partial charge < -0.3 is 15.5 Å². The van der Waals surface area contributed by atoms with E-state index >= 15 is 0 Å². The summed E-state index contributed by atoms with van der Waals surface area (Å²) in [6.45, 7) is 2.78. The summed E-state index contributed by atoms with van der Waals surface area (Å²) in [5.74, 6) is 7.46. The van der Waals surface area contributed by atoms with Crippen LogP contribution in [-0.2, 0) is 21.2 Å². The molecular weight excluding hydrogens is 294 g/mol. The lowest BCUT2D eigenvalue weighted by atomic mass is 10.1. The zero-order valence-electron chi connectivity index (χ0n) is 12.0. The van der Waals surface area contributed by atoms with Crippen molar-refractivity contribution >= 4 is 21.5 Å². The van der Waals surface area contributed by atoms with Gasteiger partial charge in [0, 0.05) is 18.7 Å². The molecular formula is C12H21N5O3S. The van der Waals surface area contributed by atoms with E-state index in [2.05, 4.69) is 20.7 Å². The van der Waals surface area contributed by atoms with Crippen molar-refractivity contribution in [2.45, 2.75) is 32.4 Å². The van der Waals surface area contributed by atoms with E-state index in [1.165, 1.54) is 0 Å². The van der Waals surface area contributed by atoms with E-state index in [-0.39, 0.29) is 17.5 Å². The number of nitrogens with one attached hydrogen (secondary N) is 2. The molecule has 0 atom stereocenters. The third-order valence-corrected chi connectivity index (χ3v) is 4.98. The molecule has 1 fully saturated rings. The van der Waals surface area contributed by atoms with E-state index < -0.39 is 9.84 Å². The maximum absolute atomic E-state index is 11.4. The molecule has 0 bridgehead atoms. The largest absolute Gasteiger partial charge is 0.374 e. The summed E-state index contributed by atoms with van der Waals surface area (Å²) in [6, 6.07) is 1.78.